The van der Waals surface area contributed by atoms with Crippen LogP contribution < -0.4 is 15.0 Å². The molecular weight excluding hydrogens is 433 g/mol. The molecule has 1 amide bonds. The summed E-state index contributed by atoms with van der Waals surface area (Å²) in [7, 11) is 0. The molecule has 0 saturated carbocycles. The summed E-state index contributed by atoms with van der Waals surface area (Å²) >= 11 is 0. The summed E-state index contributed by atoms with van der Waals surface area (Å²) in [5.74, 6) is 0.577. The molecule has 0 bridgehead atoms. The van der Waals surface area contributed by atoms with Crippen molar-refractivity contribution in [2.24, 2.45) is 5.92 Å². The van der Waals surface area contributed by atoms with Gasteiger partial charge in [-0.25, -0.2) is 4.98 Å². The average Bonchev–Trinajstić information content (AvgIpc) is 3.20. The lowest BCUT2D eigenvalue weighted by Gasteiger charge is -2.21. The van der Waals surface area contributed by atoms with Crippen molar-refractivity contribution in [2.45, 2.75) is 26.6 Å². The molecule has 4 rings (SSSR count). The summed E-state index contributed by atoms with van der Waals surface area (Å²) in [5, 5.41) is 2.69. The molecule has 33 heavy (non-hydrogen) atoms. The standard InChI is InChI=1S/C24H23F3N4O2/c1-15-9-10-31(14-15)22-21(17-4-3-16(2)28-12-17)11-18(13-29-22)23(32)30-19-5-7-20(8-6-19)33-24(25,26)27/h3-8,11-13,15H,9-10,14H2,1-2H3,(H,30,32)/t15-/m1/s1. The molecule has 1 aromatic carbocycles. The second-order valence-electron chi connectivity index (χ2n) is 8.15. The molecule has 3 heterocycles. The Morgan fingerprint density at radius 1 is 1.12 bits per heavy atom. The van der Waals surface area contributed by atoms with E-state index in [1.54, 1.807) is 12.3 Å². The minimum Gasteiger partial charge on any atom is -0.406 e. The lowest BCUT2D eigenvalue weighted by molar-refractivity contribution is -0.274. The maximum absolute atomic E-state index is 12.9. The minimum absolute atomic E-state index is 0.331. The predicted molar refractivity (Wildman–Crippen MR) is 119 cm³/mol. The number of carbonyl (C=O) groups is 1. The summed E-state index contributed by atoms with van der Waals surface area (Å²) in [4.78, 5) is 24.0. The van der Waals surface area contributed by atoms with Crippen LogP contribution in [0.2, 0.25) is 0 Å². The quantitative estimate of drug-likeness (QED) is 0.553. The number of anilines is 2. The topological polar surface area (TPSA) is 67.3 Å². The molecule has 2 aromatic heterocycles. The van der Waals surface area contributed by atoms with Crippen molar-refractivity contribution in [2.75, 3.05) is 23.3 Å². The maximum Gasteiger partial charge on any atom is 0.573 e. The predicted octanol–water partition coefficient (Wildman–Crippen LogP) is 5.45. The van der Waals surface area contributed by atoms with Gasteiger partial charge in [-0.15, -0.1) is 13.2 Å². The van der Waals surface area contributed by atoms with E-state index >= 15 is 0 Å². The Kier molecular flexibility index (Phi) is 6.22. The van der Waals surface area contributed by atoms with Crippen LogP contribution in [-0.2, 0) is 0 Å². The van der Waals surface area contributed by atoms with Crippen LogP contribution in [0.25, 0.3) is 11.1 Å². The Morgan fingerprint density at radius 3 is 2.48 bits per heavy atom. The van der Waals surface area contributed by atoms with Gasteiger partial charge >= 0.3 is 6.36 Å². The Bertz CT molecular complexity index is 1130. The number of carbonyl (C=O) groups excluding carboxylic acids is 1. The number of pyridine rings is 2. The number of benzene rings is 1. The first-order chi connectivity index (χ1) is 15.7. The Balaban J connectivity index is 1.59. The zero-order chi connectivity index (χ0) is 23.6. The fourth-order valence-electron chi connectivity index (χ4n) is 3.74. The molecule has 0 aliphatic carbocycles. The summed E-state index contributed by atoms with van der Waals surface area (Å²) in [5.41, 5.74) is 3.21. The monoisotopic (exact) mass is 456 g/mol. The third-order valence-corrected chi connectivity index (χ3v) is 5.42. The number of alkyl halides is 3. The van der Waals surface area contributed by atoms with Crippen molar-refractivity contribution in [1.29, 1.82) is 0 Å². The smallest absolute Gasteiger partial charge is 0.406 e. The number of hydrogen-bond acceptors (Lipinski definition) is 5. The molecule has 172 valence electrons. The molecule has 9 heteroatoms. The molecule has 1 fully saturated rings. The van der Waals surface area contributed by atoms with Gasteiger partial charge in [-0.05, 0) is 55.7 Å². The summed E-state index contributed by atoms with van der Waals surface area (Å²) in [6.07, 6.45) is -0.424. The van der Waals surface area contributed by atoms with Crippen molar-refractivity contribution >= 4 is 17.4 Å². The van der Waals surface area contributed by atoms with Gasteiger partial charge in [0.1, 0.15) is 11.6 Å². The van der Waals surface area contributed by atoms with E-state index in [4.69, 9.17) is 0 Å². The zero-order valence-corrected chi connectivity index (χ0v) is 18.2. The van der Waals surface area contributed by atoms with Gasteiger partial charge in [-0.3, -0.25) is 9.78 Å². The van der Waals surface area contributed by atoms with E-state index in [1.165, 1.54) is 18.3 Å². The van der Waals surface area contributed by atoms with Crippen LogP contribution in [0.5, 0.6) is 5.75 Å². The fourth-order valence-corrected chi connectivity index (χ4v) is 3.74. The number of rotatable bonds is 5. The van der Waals surface area contributed by atoms with Crippen molar-refractivity contribution in [3.8, 4) is 16.9 Å². The molecule has 1 saturated heterocycles. The van der Waals surface area contributed by atoms with Gasteiger partial charge in [-0.1, -0.05) is 13.0 Å². The molecule has 1 N–H and O–H groups in total. The van der Waals surface area contributed by atoms with Gasteiger partial charge < -0.3 is 15.0 Å². The van der Waals surface area contributed by atoms with Crippen LogP contribution in [0.4, 0.5) is 24.7 Å². The normalized spacial score (nSPS) is 16.0. The Hall–Kier alpha value is -3.62. The van der Waals surface area contributed by atoms with Gasteiger partial charge in [-0.2, -0.15) is 0 Å². The van der Waals surface area contributed by atoms with Crippen molar-refractivity contribution in [3.63, 3.8) is 0 Å². The number of ether oxygens (including phenoxy) is 1. The highest BCUT2D eigenvalue weighted by molar-refractivity contribution is 6.05. The lowest BCUT2D eigenvalue weighted by atomic mass is 10.0. The lowest BCUT2D eigenvalue weighted by Crippen LogP contribution is -2.22. The van der Waals surface area contributed by atoms with Gasteiger partial charge in [0, 0.05) is 48.0 Å². The van der Waals surface area contributed by atoms with Crippen molar-refractivity contribution < 1.29 is 22.7 Å². The van der Waals surface area contributed by atoms with Crippen LogP contribution >= 0.6 is 0 Å². The third kappa shape index (κ3) is 5.60. The van der Waals surface area contributed by atoms with E-state index in [1.807, 2.05) is 19.1 Å². The highest BCUT2D eigenvalue weighted by Gasteiger charge is 2.31. The number of halogens is 3. The molecule has 0 spiro atoms. The summed E-state index contributed by atoms with van der Waals surface area (Å²) < 4.78 is 40.9. The third-order valence-electron chi connectivity index (χ3n) is 5.42. The van der Waals surface area contributed by atoms with E-state index in [0.717, 1.165) is 54.3 Å². The molecule has 0 radical (unpaired) electrons. The summed E-state index contributed by atoms with van der Waals surface area (Å²) in [6, 6.07) is 10.6. The number of nitrogens with one attached hydrogen (secondary N) is 1. The number of amides is 1. The number of aryl methyl sites for hydroxylation is 1. The molecule has 1 aliphatic heterocycles. The highest BCUT2D eigenvalue weighted by Crippen LogP contribution is 2.33. The zero-order valence-electron chi connectivity index (χ0n) is 18.2. The first kappa shape index (κ1) is 22.6. The Morgan fingerprint density at radius 2 is 1.88 bits per heavy atom. The maximum atomic E-state index is 12.9. The minimum atomic E-state index is -4.77. The van der Waals surface area contributed by atoms with Crippen LogP contribution in [0.15, 0.2) is 54.9 Å². The largest absolute Gasteiger partial charge is 0.573 e. The van der Waals surface area contributed by atoms with E-state index in [-0.39, 0.29) is 5.75 Å². The molecule has 3 aromatic rings. The van der Waals surface area contributed by atoms with Crippen molar-refractivity contribution in [1.82, 2.24) is 9.97 Å². The van der Waals surface area contributed by atoms with Crippen LogP contribution in [0, 0.1) is 12.8 Å². The van der Waals surface area contributed by atoms with Gasteiger partial charge in [0.25, 0.3) is 5.91 Å². The van der Waals surface area contributed by atoms with Gasteiger partial charge in [0.15, 0.2) is 0 Å². The molecule has 1 aliphatic rings. The van der Waals surface area contributed by atoms with E-state index in [2.05, 4.69) is 31.8 Å². The van der Waals surface area contributed by atoms with Crippen molar-refractivity contribution in [3.05, 3.63) is 66.1 Å². The van der Waals surface area contributed by atoms with Crippen LogP contribution in [0.1, 0.15) is 29.4 Å². The molecule has 1 atom stereocenters. The van der Waals surface area contributed by atoms with E-state index in [0.29, 0.717) is 17.2 Å². The van der Waals surface area contributed by atoms with Crippen LogP contribution in [-0.4, -0.2) is 35.3 Å². The van der Waals surface area contributed by atoms with Crippen LogP contribution in [0.3, 0.4) is 0 Å². The second-order valence-corrected chi connectivity index (χ2v) is 8.15. The SMILES string of the molecule is Cc1ccc(-c2cc(C(=O)Nc3ccc(OC(F)(F)F)cc3)cnc2N2CC[C@@H](C)C2)cn1. The molecule has 0 unspecified atom stereocenters. The first-order valence-electron chi connectivity index (χ1n) is 10.5. The number of nitrogens with zero attached hydrogens (tertiary/aromatic N) is 3. The second kappa shape index (κ2) is 9.09. The first-order valence-corrected chi connectivity index (χ1v) is 10.5. The highest BCUT2D eigenvalue weighted by atomic mass is 19.4. The summed E-state index contributed by atoms with van der Waals surface area (Å²) in [6.45, 7) is 5.87. The number of hydrogen-bond donors (Lipinski definition) is 1. The van der Waals surface area contributed by atoms with E-state index < -0.39 is 12.3 Å². The Labute approximate surface area is 189 Å². The van der Waals surface area contributed by atoms with Gasteiger partial charge in [0.05, 0.1) is 5.56 Å². The fraction of sp³-hybridized carbons (Fsp3) is 0.292. The van der Waals surface area contributed by atoms with E-state index in [9.17, 15) is 18.0 Å². The molecular formula is C24H23F3N4O2. The number of aromatic nitrogens is 2. The average molecular weight is 456 g/mol. The van der Waals surface area contributed by atoms with Gasteiger partial charge in [0.2, 0.25) is 0 Å². The molecule has 6 nitrogen and oxygen atoms in total.